The fraction of sp³-hybridized carbons (Fsp3) is 0.250. The van der Waals surface area contributed by atoms with Gasteiger partial charge in [-0.15, -0.1) is 11.3 Å². The van der Waals surface area contributed by atoms with Gasteiger partial charge in [-0.25, -0.2) is 0 Å². The molecule has 2 aromatic rings. The Bertz CT molecular complexity index is 399. The second-order valence-electron chi connectivity index (χ2n) is 2.67. The molecule has 1 aromatic heterocycles. The lowest BCUT2D eigenvalue weighted by atomic mass is 10.2. The first-order valence-corrected chi connectivity index (χ1v) is 5.90. The quantitative estimate of drug-likeness (QED) is 0.608. The van der Waals surface area contributed by atoms with Gasteiger partial charge in [0.05, 0.1) is 6.21 Å². The fourth-order valence-corrected chi connectivity index (χ4v) is 2.13. The summed E-state index contributed by atoms with van der Waals surface area (Å²) in [5.74, 6) is 0. The van der Waals surface area contributed by atoms with Gasteiger partial charge < -0.3 is 5.43 Å². The Morgan fingerprint density at radius 2 is 2.00 bits per heavy atom. The van der Waals surface area contributed by atoms with E-state index in [2.05, 4.69) is 34.8 Å². The van der Waals surface area contributed by atoms with Gasteiger partial charge in [0, 0.05) is 16.6 Å². The first kappa shape index (κ1) is 11.7. The summed E-state index contributed by atoms with van der Waals surface area (Å²) in [6.07, 6.45) is 1.84. The van der Waals surface area contributed by atoms with Crippen molar-refractivity contribution in [3.63, 3.8) is 0 Å². The zero-order valence-electron chi connectivity index (χ0n) is 9.32. The molecule has 0 aliphatic heterocycles. The monoisotopic (exact) mass is 220 g/mol. The van der Waals surface area contributed by atoms with Crippen LogP contribution in [0.25, 0.3) is 10.1 Å². The highest BCUT2D eigenvalue weighted by Crippen LogP contribution is 2.23. The summed E-state index contributed by atoms with van der Waals surface area (Å²) in [7, 11) is 1.80. The smallest absolute Gasteiger partial charge is 0.0640 e. The van der Waals surface area contributed by atoms with E-state index in [-0.39, 0.29) is 0 Å². The Labute approximate surface area is 94.6 Å². The first-order valence-electron chi connectivity index (χ1n) is 5.08. The zero-order chi connectivity index (χ0) is 11.1. The lowest BCUT2D eigenvalue weighted by Crippen LogP contribution is -1.92. The summed E-state index contributed by atoms with van der Waals surface area (Å²) in [6, 6.07) is 10.5. The number of hydrogen-bond donors (Lipinski definition) is 1. The van der Waals surface area contributed by atoms with Crippen LogP contribution in [-0.4, -0.2) is 13.3 Å². The molecule has 0 spiro atoms. The first-order chi connectivity index (χ1) is 7.40. The second-order valence-corrected chi connectivity index (χ2v) is 3.78. The molecule has 1 N–H and O–H groups in total. The van der Waals surface area contributed by atoms with Crippen molar-refractivity contribution in [2.45, 2.75) is 13.8 Å². The van der Waals surface area contributed by atoms with Gasteiger partial charge in [-0.1, -0.05) is 32.0 Å². The number of benzene rings is 1. The Hall–Kier alpha value is -1.35. The Morgan fingerprint density at radius 3 is 2.67 bits per heavy atom. The highest BCUT2D eigenvalue weighted by molar-refractivity contribution is 7.20. The molecule has 0 fully saturated rings. The van der Waals surface area contributed by atoms with Crippen molar-refractivity contribution in [2.75, 3.05) is 7.05 Å². The predicted molar refractivity (Wildman–Crippen MR) is 69.8 cm³/mol. The van der Waals surface area contributed by atoms with Crippen molar-refractivity contribution in [1.29, 1.82) is 0 Å². The maximum Gasteiger partial charge on any atom is 0.0640 e. The molecular weight excluding hydrogens is 204 g/mol. The van der Waals surface area contributed by atoms with Gasteiger partial charge in [-0.2, -0.15) is 5.10 Å². The van der Waals surface area contributed by atoms with Crippen LogP contribution in [0.2, 0.25) is 0 Å². The minimum atomic E-state index is 1.18. The van der Waals surface area contributed by atoms with Gasteiger partial charge in [0.25, 0.3) is 0 Å². The number of nitrogens with zero attached hydrogens (tertiary/aromatic N) is 1. The molecule has 3 heteroatoms. The van der Waals surface area contributed by atoms with Gasteiger partial charge in [0.1, 0.15) is 0 Å². The van der Waals surface area contributed by atoms with Gasteiger partial charge in [0.15, 0.2) is 0 Å². The molecule has 0 aliphatic rings. The van der Waals surface area contributed by atoms with Gasteiger partial charge in [-0.3, -0.25) is 0 Å². The number of thiophene rings is 1. The molecule has 0 atom stereocenters. The zero-order valence-corrected chi connectivity index (χ0v) is 10.1. The fourth-order valence-electron chi connectivity index (χ4n) is 1.19. The van der Waals surface area contributed by atoms with E-state index in [0.717, 1.165) is 0 Å². The topological polar surface area (TPSA) is 24.4 Å². The Kier molecular flexibility index (Phi) is 4.84. The van der Waals surface area contributed by atoms with Crippen molar-refractivity contribution in [3.8, 4) is 0 Å². The molecule has 0 radical (unpaired) electrons. The molecular formula is C12H16N2S. The molecule has 15 heavy (non-hydrogen) atoms. The van der Waals surface area contributed by atoms with Crippen LogP contribution in [0.5, 0.6) is 0 Å². The minimum absolute atomic E-state index is 1.18. The van der Waals surface area contributed by atoms with Crippen LogP contribution in [-0.2, 0) is 0 Å². The second kappa shape index (κ2) is 6.19. The Morgan fingerprint density at radius 1 is 1.27 bits per heavy atom. The van der Waals surface area contributed by atoms with E-state index in [9.17, 15) is 0 Å². The third kappa shape index (κ3) is 3.06. The number of hydrazone groups is 1. The SMILES string of the molecule is CC.CN/N=C/c1cc2ccccc2s1. The van der Waals surface area contributed by atoms with Crippen molar-refractivity contribution in [3.05, 3.63) is 35.2 Å². The van der Waals surface area contributed by atoms with Crippen molar-refractivity contribution >= 4 is 27.6 Å². The van der Waals surface area contributed by atoms with Crippen LogP contribution in [0, 0.1) is 0 Å². The summed E-state index contributed by atoms with van der Waals surface area (Å²) >= 11 is 1.75. The number of hydrogen-bond acceptors (Lipinski definition) is 3. The van der Waals surface area contributed by atoms with E-state index in [1.165, 1.54) is 15.0 Å². The molecule has 2 nitrogen and oxygen atoms in total. The lowest BCUT2D eigenvalue weighted by Gasteiger charge is -1.82. The standard InChI is InChI=1S/C10H10N2S.C2H6/c1-11-12-7-9-6-8-4-2-3-5-10(8)13-9;1-2/h2-7,11H,1H3;1-2H3/b12-7+;. The normalized spacial score (nSPS) is 10.1. The summed E-state index contributed by atoms with van der Waals surface area (Å²) < 4.78 is 1.31. The average molecular weight is 220 g/mol. The summed E-state index contributed by atoms with van der Waals surface area (Å²) in [5, 5.41) is 5.26. The average Bonchev–Trinajstić information content (AvgIpc) is 2.71. The predicted octanol–water partition coefficient (Wildman–Crippen LogP) is 3.48. The maximum absolute atomic E-state index is 3.97. The molecule has 1 aromatic carbocycles. The minimum Gasteiger partial charge on any atom is -0.313 e. The van der Waals surface area contributed by atoms with E-state index >= 15 is 0 Å². The van der Waals surface area contributed by atoms with Crippen molar-refractivity contribution < 1.29 is 0 Å². The van der Waals surface area contributed by atoms with Crippen molar-refractivity contribution in [1.82, 2.24) is 5.43 Å². The van der Waals surface area contributed by atoms with Crippen LogP contribution >= 0.6 is 11.3 Å². The third-order valence-corrected chi connectivity index (χ3v) is 2.82. The summed E-state index contributed by atoms with van der Waals surface area (Å²) in [5.41, 5.74) is 2.74. The molecule has 0 aliphatic carbocycles. The van der Waals surface area contributed by atoms with E-state index in [4.69, 9.17) is 0 Å². The summed E-state index contributed by atoms with van der Waals surface area (Å²) in [6.45, 7) is 4.00. The molecule has 0 saturated heterocycles. The highest BCUT2D eigenvalue weighted by atomic mass is 32.1. The molecule has 0 unspecified atom stereocenters. The molecule has 2 rings (SSSR count). The molecule has 1 heterocycles. The summed E-state index contributed by atoms with van der Waals surface area (Å²) in [4.78, 5) is 1.18. The number of nitrogens with one attached hydrogen (secondary N) is 1. The third-order valence-electron chi connectivity index (χ3n) is 1.77. The van der Waals surface area contributed by atoms with Crippen LogP contribution in [0.1, 0.15) is 18.7 Å². The number of fused-ring (bicyclic) bond motifs is 1. The van der Waals surface area contributed by atoms with E-state index in [1.807, 2.05) is 26.1 Å². The van der Waals surface area contributed by atoms with Gasteiger partial charge in [-0.05, 0) is 17.5 Å². The van der Waals surface area contributed by atoms with E-state index in [0.29, 0.717) is 0 Å². The van der Waals surface area contributed by atoms with Crippen LogP contribution < -0.4 is 5.43 Å². The molecule has 0 amide bonds. The molecule has 0 saturated carbocycles. The highest BCUT2D eigenvalue weighted by Gasteiger charge is 1.97. The Balaban J connectivity index is 0.000000531. The van der Waals surface area contributed by atoms with E-state index in [1.54, 1.807) is 18.4 Å². The lowest BCUT2D eigenvalue weighted by molar-refractivity contribution is 0.908. The largest absolute Gasteiger partial charge is 0.313 e. The van der Waals surface area contributed by atoms with Gasteiger partial charge >= 0.3 is 0 Å². The molecule has 80 valence electrons. The van der Waals surface area contributed by atoms with Crippen LogP contribution in [0.3, 0.4) is 0 Å². The maximum atomic E-state index is 3.97. The van der Waals surface area contributed by atoms with E-state index < -0.39 is 0 Å². The molecule has 0 bridgehead atoms. The number of rotatable bonds is 2. The van der Waals surface area contributed by atoms with Gasteiger partial charge in [0.2, 0.25) is 0 Å². The van der Waals surface area contributed by atoms with Crippen LogP contribution in [0.4, 0.5) is 0 Å². The van der Waals surface area contributed by atoms with Crippen molar-refractivity contribution in [2.24, 2.45) is 5.10 Å². The van der Waals surface area contributed by atoms with Crippen LogP contribution in [0.15, 0.2) is 35.4 Å².